The molecule has 0 unspecified atom stereocenters. The number of aromatic nitrogens is 2. The molecule has 30 heavy (non-hydrogen) atoms. The van der Waals surface area contributed by atoms with E-state index in [1.54, 1.807) is 0 Å². The first-order valence-electron chi connectivity index (χ1n) is 11.2. The summed E-state index contributed by atoms with van der Waals surface area (Å²) in [6.07, 6.45) is 5.54. The highest BCUT2D eigenvalue weighted by Crippen LogP contribution is 2.28. The molecule has 0 radical (unpaired) electrons. The standard InChI is InChI=1S/C24H32N4O2/c1-3-4-5-6-19-7-9-20(10-8-19)24(29)28-12-11-22-21(17-28)23(26-18(2)25-22)27-13-15-30-16-14-27/h7-10H,3-6,11-17H2,1-2H3. The fraction of sp³-hybridized carbons (Fsp3) is 0.542. The number of anilines is 1. The molecule has 6 heteroatoms. The largest absolute Gasteiger partial charge is 0.378 e. The Labute approximate surface area is 179 Å². The van der Waals surface area contributed by atoms with Gasteiger partial charge < -0.3 is 14.5 Å². The average molecular weight is 409 g/mol. The Balaban J connectivity index is 1.50. The average Bonchev–Trinajstić information content (AvgIpc) is 2.79. The molecule has 0 aliphatic carbocycles. The Kier molecular flexibility index (Phi) is 6.62. The van der Waals surface area contributed by atoms with Crippen LogP contribution in [0.1, 0.15) is 59.2 Å². The molecule has 0 spiro atoms. The number of hydrogen-bond donors (Lipinski definition) is 0. The van der Waals surface area contributed by atoms with Crippen LogP contribution < -0.4 is 4.90 Å². The second-order valence-electron chi connectivity index (χ2n) is 8.25. The lowest BCUT2D eigenvalue weighted by Crippen LogP contribution is -2.41. The smallest absolute Gasteiger partial charge is 0.254 e. The first-order valence-corrected chi connectivity index (χ1v) is 11.2. The number of aryl methyl sites for hydroxylation is 2. The van der Waals surface area contributed by atoms with Gasteiger partial charge >= 0.3 is 0 Å². The van der Waals surface area contributed by atoms with Gasteiger partial charge in [-0.1, -0.05) is 31.9 Å². The Morgan fingerprint density at radius 1 is 1.07 bits per heavy atom. The number of carbonyl (C=O) groups is 1. The number of nitrogens with zero attached hydrogens (tertiary/aromatic N) is 4. The molecule has 6 nitrogen and oxygen atoms in total. The highest BCUT2D eigenvalue weighted by Gasteiger charge is 2.28. The van der Waals surface area contributed by atoms with Crippen molar-refractivity contribution >= 4 is 11.7 Å². The van der Waals surface area contributed by atoms with Gasteiger partial charge in [-0.2, -0.15) is 0 Å². The lowest BCUT2D eigenvalue weighted by molar-refractivity contribution is 0.0733. The van der Waals surface area contributed by atoms with Crippen molar-refractivity contribution < 1.29 is 9.53 Å². The number of benzene rings is 1. The molecule has 1 saturated heterocycles. The number of hydrogen-bond acceptors (Lipinski definition) is 5. The van der Waals surface area contributed by atoms with Crippen molar-refractivity contribution in [2.45, 2.75) is 52.5 Å². The van der Waals surface area contributed by atoms with E-state index in [0.29, 0.717) is 26.3 Å². The SMILES string of the molecule is CCCCCc1ccc(C(=O)N2CCc3nc(C)nc(N4CCOCC4)c3C2)cc1. The predicted octanol–water partition coefficient (Wildman–Crippen LogP) is 3.55. The zero-order chi connectivity index (χ0) is 20.9. The molecular weight excluding hydrogens is 376 g/mol. The van der Waals surface area contributed by atoms with E-state index in [1.165, 1.54) is 24.8 Å². The van der Waals surface area contributed by atoms with E-state index in [0.717, 1.165) is 54.4 Å². The second-order valence-corrected chi connectivity index (χ2v) is 8.25. The number of unbranched alkanes of at least 4 members (excludes halogenated alkanes) is 2. The molecule has 1 fully saturated rings. The van der Waals surface area contributed by atoms with Crippen molar-refractivity contribution in [1.29, 1.82) is 0 Å². The summed E-state index contributed by atoms with van der Waals surface area (Å²) in [5, 5.41) is 0. The fourth-order valence-corrected chi connectivity index (χ4v) is 4.30. The van der Waals surface area contributed by atoms with Gasteiger partial charge in [-0.3, -0.25) is 4.79 Å². The zero-order valence-corrected chi connectivity index (χ0v) is 18.2. The molecular formula is C24H32N4O2. The van der Waals surface area contributed by atoms with Crippen LogP contribution in [-0.4, -0.2) is 53.6 Å². The lowest BCUT2D eigenvalue weighted by atomic mass is 10.0. The highest BCUT2D eigenvalue weighted by molar-refractivity contribution is 5.94. The Hall–Kier alpha value is -2.47. The third kappa shape index (κ3) is 4.64. The topological polar surface area (TPSA) is 58.6 Å². The normalized spacial score (nSPS) is 16.5. The molecule has 0 N–H and O–H groups in total. The maximum atomic E-state index is 13.2. The van der Waals surface area contributed by atoms with Crippen LogP contribution in [0.15, 0.2) is 24.3 Å². The van der Waals surface area contributed by atoms with Crippen LogP contribution in [0.5, 0.6) is 0 Å². The maximum absolute atomic E-state index is 13.2. The summed E-state index contributed by atoms with van der Waals surface area (Å²) in [5.74, 6) is 1.87. The molecule has 2 aromatic rings. The van der Waals surface area contributed by atoms with Crippen LogP contribution in [0, 0.1) is 6.92 Å². The van der Waals surface area contributed by atoms with E-state index in [2.05, 4.69) is 28.9 Å². The Morgan fingerprint density at radius 3 is 2.57 bits per heavy atom. The maximum Gasteiger partial charge on any atom is 0.254 e. The van der Waals surface area contributed by atoms with Crippen LogP contribution in [0.4, 0.5) is 5.82 Å². The molecule has 1 aromatic heterocycles. The van der Waals surface area contributed by atoms with Crippen molar-refractivity contribution in [3.05, 3.63) is 52.5 Å². The van der Waals surface area contributed by atoms with Gasteiger partial charge in [0.1, 0.15) is 11.6 Å². The molecule has 0 bridgehead atoms. The van der Waals surface area contributed by atoms with Crippen LogP contribution in [0.2, 0.25) is 0 Å². The predicted molar refractivity (Wildman–Crippen MR) is 118 cm³/mol. The number of ether oxygens (including phenoxy) is 1. The van der Waals surface area contributed by atoms with Gasteiger partial charge in [0.2, 0.25) is 0 Å². The molecule has 2 aliphatic heterocycles. The number of morpholine rings is 1. The van der Waals surface area contributed by atoms with Gasteiger partial charge in [0.25, 0.3) is 5.91 Å². The second kappa shape index (κ2) is 9.56. The van der Waals surface area contributed by atoms with Crippen molar-refractivity contribution in [1.82, 2.24) is 14.9 Å². The van der Waals surface area contributed by atoms with E-state index < -0.39 is 0 Å². The number of fused-ring (bicyclic) bond motifs is 1. The van der Waals surface area contributed by atoms with Crippen LogP contribution >= 0.6 is 0 Å². The lowest BCUT2D eigenvalue weighted by Gasteiger charge is -2.34. The third-order valence-corrected chi connectivity index (χ3v) is 6.02. The van der Waals surface area contributed by atoms with Gasteiger partial charge in [0.15, 0.2) is 0 Å². The minimum Gasteiger partial charge on any atom is -0.378 e. The highest BCUT2D eigenvalue weighted by atomic mass is 16.5. The fourth-order valence-electron chi connectivity index (χ4n) is 4.30. The molecule has 3 heterocycles. The number of amides is 1. The van der Waals surface area contributed by atoms with E-state index in [1.807, 2.05) is 24.0 Å². The van der Waals surface area contributed by atoms with Crippen LogP contribution in [0.3, 0.4) is 0 Å². The monoisotopic (exact) mass is 408 g/mol. The molecule has 1 aromatic carbocycles. The van der Waals surface area contributed by atoms with Gasteiger partial charge in [0, 0.05) is 37.2 Å². The van der Waals surface area contributed by atoms with Crippen molar-refractivity contribution in [2.75, 3.05) is 37.7 Å². The van der Waals surface area contributed by atoms with Gasteiger partial charge in [0.05, 0.1) is 25.5 Å². The minimum absolute atomic E-state index is 0.0919. The van der Waals surface area contributed by atoms with Crippen LogP contribution in [0.25, 0.3) is 0 Å². The summed E-state index contributed by atoms with van der Waals surface area (Å²) >= 11 is 0. The molecule has 160 valence electrons. The van der Waals surface area contributed by atoms with Gasteiger partial charge in [-0.15, -0.1) is 0 Å². The number of carbonyl (C=O) groups excluding carboxylic acids is 1. The number of rotatable bonds is 6. The Morgan fingerprint density at radius 2 is 1.83 bits per heavy atom. The molecule has 0 saturated carbocycles. The van der Waals surface area contributed by atoms with Crippen LogP contribution in [-0.2, 0) is 24.1 Å². The molecule has 1 amide bonds. The van der Waals surface area contributed by atoms with E-state index in [9.17, 15) is 4.79 Å². The summed E-state index contributed by atoms with van der Waals surface area (Å²) in [5.41, 5.74) is 4.25. The third-order valence-electron chi connectivity index (χ3n) is 6.02. The molecule has 2 aliphatic rings. The molecule has 4 rings (SSSR count). The molecule has 0 atom stereocenters. The summed E-state index contributed by atoms with van der Waals surface area (Å²) in [6.45, 7) is 8.52. The first-order chi connectivity index (χ1) is 14.7. The van der Waals surface area contributed by atoms with Crippen molar-refractivity contribution in [3.63, 3.8) is 0 Å². The summed E-state index contributed by atoms with van der Waals surface area (Å²) in [6, 6.07) is 8.17. The van der Waals surface area contributed by atoms with E-state index in [-0.39, 0.29) is 5.91 Å². The van der Waals surface area contributed by atoms with Gasteiger partial charge in [-0.05, 0) is 37.5 Å². The Bertz CT molecular complexity index is 876. The van der Waals surface area contributed by atoms with E-state index >= 15 is 0 Å². The van der Waals surface area contributed by atoms with Crippen molar-refractivity contribution in [2.24, 2.45) is 0 Å². The van der Waals surface area contributed by atoms with E-state index in [4.69, 9.17) is 9.72 Å². The summed E-state index contributed by atoms with van der Waals surface area (Å²) in [7, 11) is 0. The first kappa shape index (κ1) is 20.8. The summed E-state index contributed by atoms with van der Waals surface area (Å²) < 4.78 is 5.50. The minimum atomic E-state index is 0.0919. The summed E-state index contributed by atoms with van der Waals surface area (Å²) in [4.78, 5) is 26.8. The zero-order valence-electron chi connectivity index (χ0n) is 18.2. The van der Waals surface area contributed by atoms with Crippen molar-refractivity contribution in [3.8, 4) is 0 Å². The van der Waals surface area contributed by atoms with Gasteiger partial charge in [-0.25, -0.2) is 9.97 Å². The quantitative estimate of drug-likeness (QED) is 0.684.